The Balaban J connectivity index is 1.23. The molecule has 3 atom stereocenters. The zero-order chi connectivity index (χ0) is 30.2. The molecule has 2 amide bonds. The number of ether oxygens (including phenoxy) is 3. The Hall–Kier alpha value is -3.16. The topological polar surface area (TPSA) is 65.1 Å². The van der Waals surface area contributed by atoms with Crippen molar-refractivity contribution in [3.05, 3.63) is 59.4 Å². The molecule has 3 fully saturated rings. The maximum absolute atomic E-state index is 16.1. The van der Waals surface area contributed by atoms with Crippen molar-refractivity contribution in [1.29, 1.82) is 0 Å². The Morgan fingerprint density at radius 3 is 2.40 bits per heavy atom. The van der Waals surface area contributed by atoms with Crippen LogP contribution < -0.4 is 9.47 Å². The summed E-state index contributed by atoms with van der Waals surface area (Å²) in [6, 6.07) is 11.8. The predicted octanol–water partition coefficient (Wildman–Crippen LogP) is 7.80. The second kappa shape index (κ2) is 12.2. The summed E-state index contributed by atoms with van der Waals surface area (Å²) in [4.78, 5) is 27.2. The summed E-state index contributed by atoms with van der Waals surface area (Å²) in [7, 11) is 1.59. The molecule has 1 saturated heterocycles. The molecule has 1 aliphatic heterocycles. The zero-order valence-electron chi connectivity index (χ0n) is 25.3. The third-order valence-electron chi connectivity index (χ3n) is 9.31. The average molecular weight is 584 g/mol. The van der Waals surface area contributed by atoms with E-state index in [0.717, 1.165) is 43.4 Å². The quantitative estimate of drug-likeness (QED) is 0.286. The lowest BCUT2D eigenvalue weighted by molar-refractivity contribution is -0.136. The summed E-state index contributed by atoms with van der Waals surface area (Å²) in [5, 5.41) is 0. The maximum Gasteiger partial charge on any atom is 0.417 e. The van der Waals surface area contributed by atoms with E-state index in [-0.39, 0.29) is 23.6 Å². The van der Waals surface area contributed by atoms with Gasteiger partial charge in [-0.3, -0.25) is 4.79 Å². The van der Waals surface area contributed by atoms with Crippen LogP contribution in [0.15, 0.2) is 42.5 Å². The van der Waals surface area contributed by atoms with Gasteiger partial charge in [0.1, 0.15) is 22.9 Å². The first-order valence-electron chi connectivity index (χ1n) is 15.3. The third kappa shape index (κ3) is 6.28. The molecule has 0 radical (unpaired) electrons. The van der Waals surface area contributed by atoms with Gasteiger partial charge in [0.2, 0.25) is 0 Å². The predicted molar refractivity (Wildman–Crippen MR) is 156 cm³/mol. The monoisotopic (exact) mass is 583 g/mol. The molecule has 5 rings (SSSR count). The molecule has 6 nitrogen and oxygen atoms in total. The van der Waals surface area contributed by atoms with Crippen LogP contribution in [0.3, 0.4) is 0 Å². The number of hydrogen-bond acceptors (Lipinski definition) is 5. The molecule has 1 unspecified atom stereocenters. The molecule has 228 valence electrons. The molecule has 0 N–H and O–H groups in total. The van der Waals surface area contributed by atoms with Gasteiger partial charge in [-0.25, -0.2) is 18.5 Å². The Morgan fingerprint density at radius 2 is 1.76 bits per heavy atom. The molecule has 2 aromatic rings. The molecule has 3 aliphatic rings. The zero-order valence-corrected chi connectivity index (χ0v) is 25.3. The lowest BCUT2D eigenvalue weighted by Gasteiger charge is -2.32. The molecule has 2 aromatic carbocycles. The van der Waals surface area contributed by atoms with E-state index in [1.807, 2.05) is 38.1 Å². The van der Waals surface area contributed by atoms with Crippen molar-refractivity contribution in [3.8, 4) is 11.5 Å². The van der Waals surface area contributed by atoms with Crippen LogP contribution in [-0.4, -0.2) is 48.4 Å². The standard InChI is InChI=1S/C34H43F2NO5/c1-20(2)31-34(3,4)42-33(39)37(31)32(38)30(36)29(23-13-14-23)24-7-6-8-26(17-24)41-19-21-9-11-22(12-10-21)27-18-25(40-5)15-16-28(27)35/h6-8,15-18,20-23,29-31H,9-14,19H2,1-5H3/t21-,22-,29-,30?,31-/m0/s1. The summed E-state index contributed by atoms with van der Waals surface area (Å²) in [5.74, 6) is 0.0991. The van der Waals surface area contributed by atoms with E-state index >= 15 is 4.39 Å². The van der Waals surface area contributed by atoms with Crippen molar-refractivity contribution in [2.24, 2.45) is 17.8 Å². The van der Waals surface area contributed by atoms with E-state index in [1.54, 1.807) is 33.1 Å². The van der Waals surface area contributed by atoms with Gasteiger partial charge in [-0.1, -0.05) is 26.0 Å². The lowest BCUT2D eigenvalue weighted by atomic mass is 9.79. The van der Waals surface area contributed by atoms with Crippen LogP contribution in [-0.2, 0) is 9.53 Å². The highest BCUT2D eigenvalue weighted by atomic mass is 19.1. The fourth-order valence-electron chi connectivity index (χ4n) is 7.14. The van der Waals surface area contributed by atoms with Gasteiger partial charge >= 0.3 is 6.09 Å². The lowest BCUT2D eigenvalue weighted by Crippen LogP contribution is -2.51. The van der Waals surface area contributed by atoms with Crippen molar-refractivity contribution in [2.45, 2.75) is 95.9 Å². The first-order chi connectivity index (χ1) is 20.0. The van der Waals surface area contributed by atoms with Crippen LogP contribution in [0, 0.1) is 23.6 Å². The summed E-state index contributed by atoms with van der Waals surface area (Å²) < 4.78 is 47.6. The van der Waals surface area contributed by atoms with Crippen molar-refractivity contribution in [2.75, 3.05) is 13.7 Å². The van der Waals surface area contributed by atoms with Crippen LogP contribution >= 0.6 is 0 Å². The van der Waals surface area contributed by atoms with Gasteiger partial charge in [0.15, 0.2) is 6.17 Å². The van der Waals surface area contributed by atoms with E-state index in [2.05, 4.69) is 0 Å². The van der Waals surface area contributed by atoms with Crippen molar-refractivity contribution in [3.63, 3.8) is 0 Å². The number of carbonyl (C=O) groups is 2. The first kappa shape index (κ1) is 30.3. The number of halogens is 2. The van der Waals surface area contributed by atoms with Crippen LogP contribution in [0.1, 0.15) is 89.2 Å². The summed E-state index contributed by atoms with van der Waals surface area (Å²) in [5.41, 5.74) is 0.541. The highest BCUT2D eigenvalue weighted by molar-refractivity contribution is 5.97. The Kier molecular flexibility index (Phi) is 8.81. The summed E-state index contributed by atoms with van der Waals surface area (Å²) >= 11 is 0. The van der Waals surface area contributed by atoms with Gasteiger partial charge in [0, 0.05) is 5.92 Å². The van der Waals surface area contributed by atoms with Crippen LogP contribution in [0.5, 0.6) is 11.5 Å². The number of imide groups is 1. The molecule has 2 saturated carbocycles. The molecular formula is C34H43F2NO5. The Bertz CT molecular complexity index is 1280. The third-order valence-corrected chi connectivity index (χ3v) is 9.31. The fourth-order valence-corrected chi connectivity index (χ4v) is 7.14. The van der Waals surface area contributed by atoms with Crippen molar-refractivity contribution >= 4 is 12.0 Å². The number of hydrogen-bond donors (Lipinski definition) is 0. The summed E-state index contributed by atoms with van der Waals surface area (Å²) in [6.07, 6.45) is 2.64. The number of rotatable bonds is 10. The van der Waals surface area contributed by atoms with E-state index in [4.69, 9.17) is 14.2 Å². The first-order valence-corrected chi connectivity index (χ1v) is 15.3. The molecule has 0 bridgehead atoms. The van der Waals surface area contributed by atoms with E-state index in [9.17, 15) is 14.0 Å². The molecule has 1 heterocycles. The molecule has 2 aliphatic carbocycles. The smallest absolute Gasteiger partial charge is 0.417 e. The van der Waals surface area contributed by atoms with E-state index in [1.165, 1.54) is 6.07 Å². The number of benzene rings is 2. The molecule has 8 heteroatoms. The number of carbonyl (C=O) groups excluding carboxylic acids is 2. The van der Waals surface area contributed by atoms with Gasteiger partial charge < -0.3 is 14.2 Å². The number of methoxy groups -OCH3 is 1. The maximum atomic E-state index is 16.1. The van der Waals surface area contributed by atoms with Gasteiger partial charge in [-0.05, 0) is 118 Å². The second-order valence-corrected chi connectivity index (χ2v) is 13.1. The van der Waals surface area contributed by atoms with Gasteiger partial charge in [-0.2, -0.15) is 0 Å². The summed E-state index contributed by atoms with van der Waals surface area (Å²) in [6.45, 7) is 7.86. The van der Waals surface area contributed by atoms with E-state index < -0.39 is 35.7 Å². The normalized spacial score (nSPS) is 25.2. The minimum absolute atomic E-state index is 0.0376. The fraction of sp³-hybridized carbons (Fsp3) is 0.588. The van der Waals surface area contributed by atoms with Gasteiger partial charge in [0.05, 0.1) is 19.8 Å². The minimum Gasteiger partial charge on any atom is -0.497 e. The Labute approximate surface area is 247 Å². The van der Waals surface area contributed by atoms with Crippen LogP contribution in [0.4, 0.5) is 13.6 Å². The van der Waals surface area contributed by atoms with Crippen molar-refractivity contribution in [1.82, 2.24) is 4.90 Å². The van der Waals surface area contributed by atoms with Gasteiger partial charge in [-0.15, -0.1) is 0 Å². The van der Waals surface area contributed by atoms with Crippen molar-refractivity contribution < 1.29 is 32.6 Å². The number of alkyl halides is 1. The van der Waals surface area contributed by atoms with Crippen LogP contribution in [0.25, 0.3) is 0 Å². The second-order valence-electron chi connectivity index (χ2n) is 13.1. The molecule has 0 aromatic heterocycles. The minimum atomic E-state index is -1.86. The number of cyclic esters (lactones) is 1. The Morgan fingerprint density at radius 1 is 1.05 bits per heavy atom. The van der Waals surface area contributed by atoms with Gasteiger partial charge in [0.25, 0.3) is 5.91 Å². The number of nitrogens with zero attached hydrogens (tertiary/aromatic N) is 1. The molecule has 0 spiro atoms. The highest BCUT2D eigenvalue weighted by Gasteiger charge is 2.55. The average Bonchev–Trinajstić information content (AvgIpc) is 3.76. The largest absolute Gasteiger partial charge is 0.497 e. The SMILES string of the molecule is COc1ccc(F)c([C@H]2CC[C@H](COc3cccc([C@H](C4CC4)C(F)C(=O)N4C(=O)OC(C)(C)[C@@H]4C(C)C)c3)CC2)c1. The molecule has 42 heavy (non-hydrogen) atoms. The van der Waals surface area contributed by atoms with Crippen LogP contribution in [0.2, 0.25) is 0 Å². The molecular weight excluding hydrogens is 540 g/mol. The highest BCUT2D eigenvalue weighted by Crippen LogP contribution is 2.47. The number of amides is 2. The van der Waals surface area contributed by atoms with E-state index in [0.29, 0.717) is 35.2 Å².